The first-order chi connectivity index (χ1) is 8.02. The highest BCUT2D eigenvalue weighted by molar-refractivity contribution is 5.47. The summed E-state index contributed by atoms with van der Waals surface area (Å²) in [4.78, 5) is 1.36. The Morgan fingerprint density at radius 2 is 2.06 bits per heavy atom. The van der Waals surface area contributed by atoms with Crippen LogP contribution in [0.15, 0.2) is 18.2 Å². The summed E-state index contributed by atoms with van der Waals surface area (Å²) in [7, 11) is 0. The van der Waals surface area contributed by atoms with Crippen LogP contribution in [0.3, 0.4) is 0 Å². The predicted octanol–water partition coefficient (Wildman–Crippen LogP) is 1.03. The van der Waals surface area contributed by atoms with E-state index in [1.54, 1.807) is 0 Å². The molecule has 0 saturated carbocycles. The second kappa shape index (κ2) is 6.36. The number of anilines is 1. The van der Waals surface area contributed by atoms with Gasteiger partial charge in [-0.3, -0.25) is 4.90 Å². The lowest BCUT2D eigenvalue weighted by atomic mass is 10.1. The second-order valence-electron chi connectivity index (χ2n) is 3.74. The standard InChI is InChI=1S/C11H16F2N2O2/c12-11(13)7-15(3-4-16)6-8-5-9(14)1-2-10(8)17/h1-2,5,11,16-17H,3-4,6-7,14H2. The molecule has 0 radical (unpaired) electrons. The maximum absolute atomic E-state index is 12.3. The molecule has 4 nitrogen and oxygen atoms in total. The first-order valence-electron chi connectivity index (χ1n) is 5.21. The molecule has 0 spiro atoms. The van der Waals surface area contributed by atoms with E-state index >= 15 is 0 Å². The number of nitrogen functional groups attached to an aromatic ring is 1. The quantitative estimate of drug-likeness (QED) is 0.518. The van der Waals surface area contributed by atoms with Crippen molar-refractivity contribution in [1.29, 1.82) is 0 Å². The number of rotatable bonds is 6. The molecule has 0 aromatic heterocycles. The third-order valence-corrected chi connectivity index (χ3v) is 2.31. The van der Waals surface area contributed by atoms with Crippen molar-refractivity contribution in [1.82, 2.24) is 4.90 Å². The lowest BCUT2D eigenvalue weighted by Crippen LogP contribution is -2.31. The molecule has 0 bridgehead atoms. The number of aromatic hydroxyl groups is 1. The molecular formula is C11H16F2N2O2. The molecule has 1 aromatic rings. The van der Waals surface area contributed by atoms with Gasteiger partial charge >= 0.3 is 0 Å². The number of aliphatic hydroxyl groups is 1. The predicted molar refractivity (Wildman–Crippen MR) is 60.9 cm³/mol. The van der Waals surface area contributed by atoms with Gasteiger partial charge in [-0.25, -0.2) is 8.78 Å². The fourth-order valence-corrected chi connectivity index (χ4v) is 1.54. The Morgan fingerprint density at radius 1 is 1.35 bits per heavy atom. The van der Waals surface area contributed by atoms with Crippen molar-refractivity contribution in [2.24, 2.45) is 0 Å². The highest BCUT2D eigenvalue weighted by Gasteiger charge is 2.13. The van der Waals surface area contributed by atoms with E-state index in [0.29, 0.717) is 11.3 Å². The summed E-state index contributed by atoms with van der Waals surface area (Å²) in [6.45, 7) is -0.412. The largest absolute Gasteiger partial charge is 0.508 e. The van der Waals surface area contributed by atoms with E-state index in [9.17, 15) is 13.9 Å². The average Bonchev–Trinajstić information content (AvgIpc) is 2.23. The van der Waals surface area contributed by atoms with Crippen LogP contribution in [-0.4, -0.2) is 41.2 Å². The van der Waals surface area contributed by atoms with Crippen molar-refractivity contribution in [2.75, 3.05) is 25.4 Å². The van der Waals surface area contributed by atoms with Gasteiger partial charge < -0.3 is 15.9 Å². The van der Waals surface area contributed by atoms with Gasteiger partial charge in [0.1, 0.15) is 5.75 Å². The molecular weight excluding hydrogens is 230 g/mol. The maximum Gasteiger partial charge on any atom is 0.251 e. The SMILES string of the molecule is Nc1ccc(O)c(CN(CCO)CC(F)F)c1. The summed E-state index contributed by atoms with van der Waals surface area (Å²) in [5.41, 5.74) is 6.48. The molecule has 4 N–H and O–H groups in total. The van der Waals surface area contributed by atoms with Crippen LogP contribution in [0.5, 0.6) is 5.75 Å². The molecule has 96 valence electrons. The molecule has 1 aromatic carbocycles. The zero-order valence-corrected chi connectivity index (χ0v) is 9.31. The van der Waals surface area contributed by atoms with Crippen LogP contribution in [0.25, 0.3) is 0 Å². The Labute approximate surface area is 98.3 Å². The molecule has 0 heterocycles. The van der Waals surface area contributed by atoms with Crippen LogP contribution in [0.1, 0.15) is 5.56 Å². The van der Waals surface area contributed by atoms with Crippen molar-refractivity contribution < 1.29 is 19.0 Å². The van der Waals surface area contributed by atoms with E-state index in [0.717, 1.165) is 0 Å². The van der Waals surface area contributed by atoms with Crippen molar-refractivity contribution in [3.8, 4) is 5.75 Å². The lowest BCUT2D eigenvalue weighted by Gasteiger charge is -2.21. The van der Waals surface area contributed by atoms with E-state index in [-0.39, 0.29) is 25.4 Å². The van der Waals surface area contributed by atoms with Crippen molar-refractivity contribution in [3.63, 3.8) is 0 Å². The summed E-state index contributed by atoms with van der Waals surface area (Å²) < 4.78 is 24.6. The average molecular weight is 246 g/mol. The first-order valence-corrected chi connectivity index (χ1v) is 5.21. The zero-order valence-electron chi connectivity index (χ0n) is 9.31. The minimum atomic E-state index is -2.48. The highest BCUT2D eigenvalue weighted by Crippen LogP contribution is 2.21. The summed E-state index contributed by atoms with van der Waals surface area (Å²) in [6.07, 6.45) is -2.48. The van der Waals surface area contributed by atoms with Gasteiger partial charge in [-0.15, -0.1) is 0 Å². The molecule has 1 rings (SSSR count). The zero-order chi connectivity index (χ0) is 12.8. The Morgan fingerprint density at radius 3 is 2.65 bits per heavy atom. The number of phenolic OH excluding ortho intramolecular Hbond substituents is 1. The van der Waals surface area contributed by atoms with Crippen LogP contribution in [0.4, 0.5) is 14.5 Å². The van der Waals surface area contributed by atoms with Crippen LogP contribution < -0.4 is 5.73 Å². The minimum absolute atomic E-state index is 0.0106. The number of phenols is 1. The Balaban J connectivity index is 2.74. The van der Waals surface area contributed by atoms with E-state index in [1.165, 1.54) is 23.1 Å². The van der Waals surface area contributed by atoms with Gasteiger partial charge in [-0.1, -0.05) is 0 Å². The molecule has 17 heavy (non-hydrogen) atoms. The summed E-state index contributed by atoms with van der Waals surface area (Å²) in [6, 6.07) is 4.48. The van der Waals surface area contributed by atoms with Crippen LogP contribution in [-0.2, 0) is 6.54 Å². The number of nitrogens with two attached hydrogens (primary N) is 1. The molecule has 0 amide bonds. The summed E-state index contributed by atoms with van der Waals surface area (Å²) >= 11 is 0. The minimum Gasteiger partial charge on any atom is -0.508 e. The summed E-state index contributed by atoms with van der Waals surface area (Å²) in [5, 5.41) is 18.3. The third-order valence-electron chi connectivity index (χ3n) is 2.31. The molecule has 0 aliphatic rings. The monoisotopic (exact) mass is 246 g/mol. The first kappa shape index (κ1) is 13.7. The molecule has 0 fully saturated rings. The van der Waals surface area contributed by atoms with Gasteiger partial charge in [0.25, 0.3) is 6.43 Å². The van der Waals surface area contributed by atoms with Gasteiger partial charge in [0.2, 0.25) is 0 Å². The van der Waals surface area contributed by atoms with E-state index < -0.39 is 13.0 Å². The molecule has 0 atom stereocenters. The van der Waals surface area contributed by atoms with Crippen molar-refractivity contribution in [3.05, 3.63) is 23.8 Å². The summed E-state index contributed by atoms with van der Waals surface area (Å²) in [5.74, 6) is 0.0106. The second-order valence-corrected chi connectivity index (χ2v) is 3.74. The number of alkyl halides is 2. The molecule has 0 aliphatic heterocycles. The fraction of sp³-hybridized carbons (Fsp3) is 0.455. The number of halogens is 2. The normalized spacial score (nSPS) is 11.4. The fourth-order valence-electron chi connectivity index (χ4n) is 1.54. The number of hydrogen-bond acceptors (Lipinski definition) is 4. The number of aliphatic hydroxyl groups excluding tert-OH is 1. The molecule has 0 unspecified atom stereocenters. The van der Waals surface area contributed by atoms with E-state index in [1.807, 2.05) is 0 Å². The lowest BCUT2D eigenvalue weighted by molar-refractivity contribution is 0.0742. The maximum atomic E-state index is 12.3. The van der Waals surface area contributed by atoms with Crippen LogP contribution >= 0.6 is 0 Å². The molecule has 0 aliphatic carbocycles. The molecule has 6 heteroatoms. The number of nitrogens with zero attached hydrogens (tertiary/aromatic N) is 1. The highest BCUT2D eigenvalue weighted by atomic mass is 19.3. The smallest absolute Gasteiger partial charge is 0.251 e. The van der Waals surface area contributed by atoms with Gasteiger partial charge in [0.15, 0.2) is 0 Å². The Hall–Kier alpha value is -1.40. The third kappa shape index (κ3) is 4.54. The van der Waals surface area contributed by atoms with E-state index in [2.05, 4.69) is 0 Å². The Bertz CT molecular complexity index is 361. The van der Waals surface area contributed by atoms with Gasteiger partial charge in [0, 0.05) is 24.3 Å². The van der Waals surface area contributed by atoms with Crippen molar-refractivity contribution >= 4 is 5.69 Å². The molecule has 0 saturated heterocycles. The van der Waals surface area contributed by atoms with Gasteiger partial charge in [-0.2, -0.15) is 0 Å². The topological polar surface area (TPSA) is 69.7 Å². The van der Waals surface area contributed by atoms with Gasteiger partial charge in [-0.05, 0) is 18.2 Å². The van der Waals surface area contributed by atoms with Crippen LogP contribution in [0.2, 0.25) is 0 Å². The van der Waals surface area contributed by atoms with Crippen molar-refractivity contribution in [2.45, 2.75) is 13.0 Å². The Kier molecular flexibility index (Phi) is 5.11. The number of benzene rings is 1. The van der Waals surface area contributed by atoms with Crippen LogP contribution in [0, 0.1) is 0 Å². The van der Waals surface area contributed by atoms with Gasteiger partial charge in [0.05, 0.1) is 13.2 Å². The number of hydrogen-bond donors (Lipinski definition) is 3. The van der Waals surface area contributed by atoms with E-state index in [4.69, 9.17) is 10.8 Å².